The van der Waals surface area contributed by atoms with Crippen LogP contribution >= 0.6 is 0 Å². The molecule has 2 aromatic heterocycles. The van der Waals surface area contributed by atoms with E-state index in [1.807, 2.05) is 25.9 Å². The topological polar surface area (TPSA) is 71.8 Å². The van der Waals surface area contributed by atoms with Crippen LogP contribution in [0, 0.1) is 0 Å². The van der Waals surface area contributed by atoms with E-state index in [4.69, 9.17) is 0 Å². The SMILES string of the molecule is CCNc1nc(N(C)C)nc(-n2ccnc2)n1. The second kappa shape index (κ2) is 4.77. The number of rotatable bonds is 4. The fourth-order valence-electron chi connectivity index (χ4n) is 1.28. The second-order valence-electron chi connectivity index (χ2n) is 3.65. The van der Waals surface area contributed by atoms with E-state index in [1.54, 1.807) is 23.3 Å². The Kier molecular flexibility index (Phi) is 3.17. The fraction of sp³-hybridized carbons (Fsp3) is 0.400. The zero-order valence-electron chi connectivity index (χ0n) is 10.1. The molecule has 7 heteroatoms. The molecule has 0 radical (unpaired) electrons. The van der Waals surface area contributed by atoms with Crippen LogP contribution in [0.3, 0.4) is 0 Å². The van der Waals surface area contributed by atoms with Gasteiger partial charge in [-0.25, -0.2) is 4.98 Å². The number of hydrogen-bond donors (Lipinski definition) is 1. The van der Waals surface area contributed by atoms with E-state index in [9.17, 15) is 0 Å². The first-order chi connectivity index (χ1) is 8.20. The molecule has 1 N–H and O–H groups in total. The molecule has 0 aromatic carbocycles. The molecule has 2 heterocycles. The van der Waals surface area contributed by atoms with Crippen molar-refractivity contribution in [1.29, 1.82) is 0 Å². The van der Waals surface area contributed by atoms with Crippen LogP contribution in [0.25, 0.3) is 5.95 Å². The summed E-state index contributed by atoms with van der Waals surface area (Å²) in [6.07, 6.45) is 5.14. The third-order valence-corrected chi connectivity index (χ3v) is 2.08. The van der Waals surface area contributed by atoms with Gasteiger partial charge in [0.25, 0.3) is 0 Å². The number of aromatic nitrogens is 5. The molecule has 90 valence electrons. The van der Waals surface area contributed by atoms with Gasteiger partial charge in [0.2, 0.25) is 17.8 Å². The average Bonchev–Trinajstić information content (AvgIpc) is 2.82. The molecular formula is C10H15N7. The Labute approximate surface area is 99.6 Å². The summed E-state index contributed by atoms with van der Waals surface area (Å²) in [5.41, 5.74) is 0. The van der Waals surface area contributed by atoms with E-state index in [1.165, 1.54) is 0 Å². The van der Waals surface area contributed by atoms with Crippen LogP contribution in [0.15, 0.2) is 18.7 Å². The maximum Gasteiger partial charge on any atom is 0.241 e. The highest BCUT2D eigenvalue weighted by atomic mass is 15.3. The third-order valence-electron chi connectivity index (χ3n) is 2.08. The Bertz CT molecular complexity index is 477. The largest absolute Gasteiger partial charge is 0.354 e. The molecule has 0 aliphatic heterocycles. The Balaban J connectivity index is 2.44. The zero-order chi connectivity index (χ0) is 12.3. The quantitative estimate of drug-likeness (QED) is 0.831. The van der Waals surface area contributed by atoms with Gasteiger partial charge in [-0.2, -0.15) is 15.0 Å². The van der Waals surface area contributed by atoms with Gasteiger partial charge in [-0.15, -0.1) is 0 Å². The molecule has 0 aliphatic carbocycles. The third kappa shape index (κ3) is 2.49. The van der Waals surface area contributed by atoms with E-state index in [0.717, 1.165) is 6.54 Å². The number of imidazole rings is 1. The number of nitrogens with one attached hydrogen (secondary N) is 1. The van der Waals surface area contributed by atoms with Gasteiger partial charge in [-0.3, -0.25) is 4.57 Å². The van der Waals surface area contributed by atoms with E-state index in [-0.39, 0.29) is 0 Å². The van der Waals surface area contributed by atoms with E-state index < -0.39 is 0 Å². The van der Waals surface area contributed by atoms with Crippen LogP contribution in [0.2, 0.25) is 0 Å². The molecular weight excluding hydrogens is 218 g/mol. The molecule has 2 aromatic rings. The summed E-state index contributed by atoms with van der Waals surface area (Å²) in [7, 11) is 3.78. The van der Waals surface area contributed by atoms with Crippen LogP contribution in [-0.4, -0.2) is 45.1 Å². The van der Waals surface area contributed by atoms with E-state index >= 15 is 0 Å². The molecule has 0 aliphatic rings. The lowest BCUT2D eigenvalue weighted by Crippen LogP contribution is -2.17. The Morgan fingerprint density at radius 1 is 1.29 bits per heavy atom. The molecule has 0 spiro atoms. The molecule has 0 atom stereocenters. The second-order valence-corrected chi connectivity index (χ2v) is 3.65. The lowest BCUT2D eigenvalue weighted by atomic mass is 10.7. The lowest BCUT2D eigenvalue weighted by Gasteiger charge is -2.12. The Hall–Kier alpha value is -2.18. The van der Waals surface area contributed by atoms with E-state index in [2.05, 4.69) is 25.3 Å². The number of nitrogens with zero attached hydrogens (tertiary/aromatic N) is 6. The van der Waals surface area contributed by atoms with Gasteiger partial charge in [0, 0.05) is 33.0 Å². The Morgan fingerprint density at radius 3 is 2.71 bits per heavy atom. The number of hydrogen-bond acceptors (Lipinski definition) is 6. The van der Waals surface area contributed by atoms with Gasteiger partial charge in [0.1, 0.15) is 6.33 Å². The summed E-state index contributed by atoms with van der Waals surface area (Å²) in [6, 6.07) is 0. The summed E-state index contributed by atoms with van der Waals surface area (Å²) in [5.74, 6) is 1.73. The maximum atomic E-state index is 4.34. The van der Waals surface area contributed by atoms with Crippen LogP contribution in [-0.2, 0) is 0 Å². The molecule has 0 saturated heterocycles. The first-order valence-electron chi connectivity index (χ1n) is 5.36. The van der Waals surface area contributed by atoms with Gasteiger partial charge in [0.05, 0.1) is 0 Å². The van der Waals surface area contributed by atoms with Crippen molar-refractivity contribution in [3.05, 3.63) is 18.7 Å². The van der Waals surface area contributed by atoms with Gasteiger partial charge >= 0.3 is 0 Å². The van der Waals surface area contributed by atoms with Crippen molar-refractivity contribution in [3.63, 3.8) is 0 Å². The van der Waals surface area contributed by atoms with Crippen LogP contribution in [0.5, 0.6) is 0 Å². The van der Waals surface area contributed by atoms with Crippen molar-refractivity contribution in [2.75, 3.05) is 30.9 Å². The minimum atomic E-state index is 0.553. The number of anilines is 2. The van der Waals surface area contributed by atoms with Gasteiger partial charge in [-0.1, -0.05) is 0 Å². The van der Waals surface area contributed by atoms with Crippen molar-refractivity contribution in [3.8, 4) is 5.95 Å². The summed E-state index contributed by atoms with van der Waals surface area (Å²) in [6.45, 7) is 2.76. The lowest BCUT2D eigenvalue weighted by molar-refractivity contribution is 0.868. The highest BCUT2D eigenvalue weighted by Gasteiger charge is 2.08. The Morgan fingerprint density at radius 2 is 2.12 bits per heavy atom. The molecule has 0 bridgehead atoms. The highest BCUT2D eigenvalue weighted by molar-refractivity contribution is 5.38. The predicted octanol–water partition coefficient (Wildman–Crippen LogP) is 0.555. The minimum Gasteiger partial charge on any atom is -0.354 e. The molecule has 0 unspecified atom stereocenters. The maximum absolute atomic E-state index is 4.34. The van der Waals surface area contributed by atoms with Crippen LogP contribution in [0.4, 0.5) is 11.9 Å². The van der Waals surface area contributed by atoms with Crippen LogP contribution in [0.1, 0.15) is 6.92 Å². The molecule has 2 rings (SSSR count). The fourth-order valence-corrected chi connectivity index (χ4v) is 1.28. The summed E-state index contributed by atoms with van der Waals surface area (Å²) >= 11 is 0. The summed E-state index contributed by atoms with van der Waals surface area (Å²) < 4.78 is 1.75. The van der Waals surface area contributed by atoms with Gasteiger partial charge < -0.3 is 10.2 Å². The average molecular weight is 233 g/mol. The van der Waals surface area contributed by atoms with Crippen molar-refractivity contribution >= 4 is 11.9 Å². The van der Waals surface area contributed by atoms with E-state index in [0.29, 0.717) is 17.8 Å². The molecule has 7 nitrogen and oxygen atoms in total. The zero-order valence-corrected chi connectivity index (χ0v) is 10.1. The van der Waals surface area contributed by atoms with Crippen molar-refractivity contribution in [1.82, 2.24) is 24.5 Å². The van der Waals surface area contributed by atoms with Gasteiger partial charge in [0.15, 0.2) is 0 Å². The molecule has 0 saturated carbocycles. The highest BCUT2D eigenvalue weighted by Crippen LogP contribution is 2.10. The van der Waals surface area contributed by atoms with Crippen molar-refractivity contribution in [2.24, 2.45) is 0 Å². The first kappa shape index (κ1) is 11.3. The van der Waals surface area contributed by atoms with Crippen molar-refractivity contribution in [2.45, 2.75) is 6.92 Å². The molecule has 17 heavy (non-hydrogen) atoms. The van der Waals surface area contributed by atoms with Gasteiger partial charge in [-0.05, 0) is 6.92 Å². The molecule has 0 fully saturated rings. The smallest absolute Gasteiger partial charge is 0.241 e. The normalized spacial score (nSPS) is 10.3. The standard InChI is InChI=1S/C10H15N7/c1-4-12-8-13-9(16(2)3)15-10(14-8)17-6-5-11-7-17/h5-7H,4H2,1-3H3,(H,12,13,14,15). The van der Waals surface area contributed by atoms with Crippen molar-refractivity contribution < 1.29 is 0 Å². The first-order valence-corrected chi connectivity index (χ1v) is 5.36. The summed E-state index contributed by atoms with van der Waals surface area (Å²) in [5, 5.41) is 3.08. The monoisotopic (exact) mass is 233 g/mol. The summed E-state index contributed by atoms with van der Waals surface area (Å²) in [4.78, 5) is 18.8. The minimum absolute atomic E-state index is 0.553. The molecule has 0 amide bonds. The van der Waals surface area contributed by atoms with Crippen LogP contribution < -0.4 is 10.2 Å². The predicted molar refractivity (Wildman–Crippen MR) is 65.4 cm³/mol.